The van der Waals surface area contributed by atoms with Gasteiger partial charge in [-0.1, -0.05) is 13.0 Å². The third-order valence-corrected chi connectivity index (χ3v) is 3.13. The fourth-order valence-corrected chi connectivity index (χ4v) is 2.09. The fraction of sp³-hybridized carbons (Fsp3) is 0.333. The van der Waals surface area contributed by atoms with Crippen molar-refractivity contribution in [2.75, 3.05) is 6.79 Å². The Kier molecular flexibility index (Phi) is 3.42. The van der Waals surface area contributed by atoms with E-state index in [9.17, 15) is 0 Å². The number of ether oxygens (including phenoxy) is 2. The molecule has 0 bridgehead atoms. The predicted octanol–water partition coefficient (Wildman–Crippen LogP) is 2.86. The Morgan fingerprint density at radius 2 is 1.84 bits per heavy atom. The molecule has 1 aromatic heterocycles. The summed E-state index contributed by atoms with van der Waals surface area (Å²) in [4.78, 5) is 0. The van der Waals surface area contributed by atoms with E-state index in [4.69, 9.17) is 13.9 Å². The van der Waals surface area contributed by atoms with Crippen molar-refractivity contribution in [2.45, 2.75) is 26.4 Å². The third kappa shape index (κ3) is 2.74. The van der Waals surface area contributed by atoms with Gasteiger partial charge in [0.25, 0.3) is 0 Å². The normalized spacial score (nSPS) is 12.9. The maximum absolute atomic E-state index is 5.64. The maximum atomic E-state index is 5.64. The Morgan fingerprint density at radius 3 is 2.68 bits per heavy atom. The highest BCUT2D eigenvalue weighted by Crippen LogP contribution is 2.32. The zero-order valence-corrected chi connectivity index (χ0v) is 10.9. The molecule has 2 heterocycles. The van der Waals surface area contributed by atoms with Gasteiger partial charge in [-0.25, -0.2) is 0 Å². The second-order valence-corrected chi connectivity index (χ2v) is 4.51. The number of aryl methyl sites for hydroxylation is 1. The fourth-order valence-electron chi connectivity index (χ4n) is 2.09. The third-order valence-electron chi connectivity index (χ3n) is 3.13. The van der Waals surface area contributed by atoms with Gasteiger partial charge in [0.2, 0.25) is 6.79 Å². The molecule has 0 saturated carbocycles. The molecule has 0 amide bonds. The van der Waals surface area contributed by atoms with Crippen molar-refractivity contribution in [3.63, 3.8) is 0 Å². The van der Waals surface area contributed by atoms with Crippen LogP contribution in [0.25, 0.3) is 0 Å². The second kappa shape index (κ2) is 5.36. The molecule has 0 unspecified atom stereocenters. The van der Waals surface area contributed by atoms with Crippen LogP contribution in [0, 0.1) is 0 Å². The summed E-state index contributed by atoms with van der Waals surface area (Å²) in [6.45, 7) is 3.91. The number of hydrogen-bond donors (Lipinski definition) is 1. The van der Waals surface area contributed by atoms with E-state index in [1.165, 1.54) is 5.56 Å². The lowest BCUT2D eigenvalue weighted by Crippen LogP contribution is -2.12. The van der Waals surface area contributed by atoms with Gasteiger partial charge in [-0.3, -0.25) is 0 Å². The lowest BCUT2D eigenvalue weighted by atomic mass is 10.2. The molecule has 2 aromatic rings. The van der Waals surface area contributed by atoms with Crippen LogP contribution < -0.4 is 14.8 Å². The van der Waals surface area contributed by atoms with E-state index in [2.05, 4.69) is 12.2 Å². The minimum atomic E-state index is 0.318. The van der Waals surface area contributed by atoms with Gasteiger partial charge in [0, 0.05) is 13.0 Å². The highest BCUT2D eigenvalue weighted by molar-refractivity contribution is 5.44. The highest BCUT2D eigenvalue weighted by Gasteiger charge is 2.12. The molecule has 0 radical (unpaired) electrons. The Labute approximate surface area is 112 Å². The minimum absolute atomic E-state index is 0.318. The molecule has 0 aliphatic carbocycles. The summed E-state index contributed by atoms with van der Waals surface area (Å²) in [6, 6.07) is 10.0. The van der Waals surface area contributed by atoms with Gasteiger partial charge in [-0.05, 0) is 29.8 Å². The van der Waals surface area contributed by atoms with Gasteiger partial charge in [0.05, 0.1) is 6.54 Å². The van der Waals surface area contributed by atoms with Crippen molar-refractivity contribution in [3.05, 3.63) is 47.4 Å². The van der Waals surface area contributed by atoms with Crippen LogP contribution in [-0.2, 0) is 19.5 Å². The van der Waals surface area contributed by atoms with Crippen LogP contribution in [0.3, 0.4) is 0 Å². The lowest BCUT2D eigenvalue weighted by molar-refractivity contribution is 0.174. The second-order valence-electron chi connectivity index (χ2n) is 4.51. The van der Waals surface area contributed by atoms with E-state index in [1.807, 2.05) is 30.3 Å². The number of fused-ring (bicyclic) bond motifs is 1. The van der Waals surface area contributed by atoms with Crippen molar-refractivity contribution in [2.24, 2.45) is 0 Å². The first-order chi connectivity index (χ1) is 9.35. The molecule has 4 heteroatoms. The summed E-state index contributed by atoms with van der Waals surface area (Å²) < 4.78 is 16.3. The van der Waals surface area contributed by atoms with Crippen LogP contribution in [0.4, 0.5) is 0 Å². The van der Waals surface area contributed by atoms with Gasteiger partial charge in [0.15, 0.2) is 11.5 Å². The summed E-state index contributed by atoms with van der Waals surface area (Å²) >= 11 is 0. The van der Waals surface area contributed by atoms with Crippen LogP contribution in [0.2, 0.25) is 0 Å². The Balaban J connectivity index is 1.54. The molecule has 1 aliphatic rings. The van der Waals surface area contributed by atoms with E-state index in [-0.39, 0.29) is 0 Å². The summed E-state index contributed by atoms with van der Waals surface area (Å²) in [7, 11) is 0. The maximum Gasteiger partial charge on any atom is 0.231 e. The molecule has 1 aliphatic heterocycles. The van der Waals surface area contributed by atoms with Gasteiger partial charge in [-0.2, -0.15) is 0 Å². The van der Waals surface area contributed by atoms with E-state index in [1.54, 1.807) is 0 Å². The summed E-state index contributed by atoms with van der Waals surface area (Å²) in [5, 5.41) is 3.36. The molecule has 0 spiro atoms. The molecule has 3 rings (SSSR count). The van der Waals surface area contributed by atoms with Crippen molar-refractivity contribution in [1.29, 1.82) is 0 Å². The number of hydrogen-bond acceptors (Lipinski definition) is 4. The van der Waals surface area contributed by atoms with E-state index in [0.29, 0.717) is 6.79 Å². The van der Waals surface area contributed by atoms with Crippen LogP contribution in [0.1, 0.15) is 24.0 Å². The van der Waals surface area contributed by atoms with Gasteiger partial charge >= 0.3 is 0 Å². The number of benzene rings is 1. The average molecular weight is 259 g/mol. The van der Waals surface area contributed by atoms with Crippen molar-refractivity contribution in [1.82, 2.24) is 5.32 Å². The molecule has 1 aromatic carbocycles. The molecule has 1 N–H and O–H groups in total. The first-order valence-corrected chi connectivity index (χ1v) is 6.52. The number of rotatable bonds is 5. The number of nitrogens with one attached hydrogen (secondary N) is 1. The highest BCUT2D eigenvalue weighted by atomic mass is 16.7. The molecular weight excluding hydrogens is 242 g/mol. The Bertz CT molecular complexity index is 562. The standard InChI is InChI=1S/C15H17NO3/c1-2-12-4-5-13(19-12)9-16-8-11-3-6-14-15(7-11)18-10-17-14/h3-7,16H,2,8-10H2,1H3. The molecule has 4 nitrogen and oxygen atoms in total. The molecule has 0 fully saturated rings. The van der Waals surface area contributed by atoms with Crippen LogP contribution in [0.15, 0.2) is 34.7 Å². The predicted molar refractivity (Wildman–Crippen MR) is 71.2 cm³/mol. The first-order valence-electron chi connectivity index (χ1n) is 6.52. The SMILES string of the molecule is CCc1ccc(CNCc2ccc3c(c2)OCO3)o1. The summed E-state index contributed by atoms with van der Waals surface area (Å²) in [5.41, 5.74) is 1.17. The van der Waals surface area contributed by atoms with Crippen LogP contribution >= 0.6 is 0 Å². The molecule has 19 heavy (non-hydrogen) atoms. The van der Waals surface area contributed by atoms with Gasteiger partial charge in [0.1, 0.15) is 11.5 Å². The molecule has 100 valence electrons. The van der Waals surface area contributed by atoms with E-state index in [0.717, 1.165) is 42.5 Å². The lowest BCUT2D eigenvalue weighted by Gasteiger charge is -2.04. The van der Waals surface area contributed by atoms with Crippen LogP contribution in [0.5, 0.6) is 11.5 Å². The topological polar surface area (TPSA) is 43.6 Å². The summed E-state index contributed by atoms with van der Waals surface area (Å²) in [6.07, 6.45) is 0.933. The zero-order chi connectivity index (χ0) is 13.1. The van der Waals surface area contributed by atoms with E-state index >= 15 is 0 Å². The van der Waals surface area contributed by atoms with E-state index < -0.39 is 0 Å². The van der Waals surface area contributed by atoms with Gasteiger partial charge in [-0.15, -0.1) is 0 Å². The Hall–Kier alpha value is -1.94. The quantitative estimate of drug-likeness (QED) is 0.896. The van der Waals surface area contributed by atoms with Crippen LogP contribution in [-0.4, -0.2) is 6.79 Å². The molecular formula is C15H17NO3. The van der Waals surface area contributed by atoms with Crippen molar-refractivity contribution in [3.8, 4) is 11.5 Å². The van der Waals surface area contributed by atoms with Gasteiger partial charge < -0.3 is 19.2 Å². The van der Waals surface area contributed by atoms with Crippen molar-refractivity contribution >= 4 is 0 Å². The molecule has 0 saturated heterocycles. The average Bonchev–Trinajstić information content (AvgIpc) is 3.06. The Morgan fingerprint density at radius 1 is 1.00 bits per heavy atom. The molecule has 0 atom stereocenters. The summed E-state index contributed by atoms with van der Waals surface area (Å²) in [5.74, 6) is 3.64. The minimum Gasteiger partial charge on any atom is -0.465 e. The smallest absolute Gasteiger partial charge is 0.231 e. The zero-order valence-electron chi connectivity index (χ0n) is 10.9. The largest absolute Gasteiger partial charge is 0.465 e. The van der Waals surface area contributed by atoms with Crippen molar-refractivity contribution < 1.29 is 13.9 Å². The number of furan rings is 1. The first kappa shape index (κ1) is 12.1. The monoisotopic (exact) mass is 259 g/mol.